The smallest absolute Gasteiger partial charge is 0.296 e. The Labute approximate surface area is 124 Å². The number of fused-ring (bicyclic) bond motifs is 2. The molecule has 1 aliphatic rings. The zero-order valence-corrected chi connectivity index (χ0v) is 12.0. The number of rotatable bonds is 1. The second-order valence-electron chi connectivity index (χ2n) is 5.03. The van der Waals surface area contributed by atoms with Crippen LogP contribution in [-0.2, 0) is 4.79 Å². The van der Waals surface area contributed by atoms with E-state index in [4.69, 9.17) is 0 Å². The van der Waals surface area contributed by atoms with Crippen LogP contribution in [0.25, 0.3) is 20.8 Å². The fourth-order valence-corrected chi connectivity index (χ4v) is 3.49. The summed E-state index contributed by atoms with van der Waals surface area (Å²) in [7, 11) is 0. The molecular formula is C16H10N2O2S. The Morgan fingerprint density at radius 3 is 2.81 bits per heavy atom. The topological polar surface area (TPSA) is 59.1 Å². The first-order chi connectivity index (χ1) is 10.1. The summed E-state index contributed by atoms with van der Waals surface area (Å²) in [5, 5.41) is 3.41. The molecule has 0 radical (unpaired) electrons. The lowest BCUT2D eigenvalue weighted by Crippen LogP contribution is -2.12. The molecule has 2 heterocycles. The van der Waals surface area contributed by atoms with Crippen molar-refractivity contribution in [3.05, 3.63) is 47.5 Å². The van der Waals surface area contributed by atoms with E-state index in [2.05, 4.69) is 16.4 Å². The molecule has 1 aliphatic heterocycles. The molecule has 5 heteroatoms. The van der Waals surface area contributed by atoms with Gasteiger partial charge >= 0.3 is 0 Å². The second-order valence-corrected chi connectivity index (χ2v) is 6.06. The predicted molar refractivity (Wildman–Crippen MR) is 82.8 cm³/mol. The van der Waals surface area contributed by atoms with Crippen LogP contribution in [0.4, 0.5) is 5.69 Å². The third-order valence-electron chi connectivity index (χ3n) is 3.51. The van der Waals surface area contributed by atoms with E-state index in [9.17, 15) is 9.59 Å². The Morgan fingerprint density at radius 2 is 1.95 bits per heavy atom. The Hall–Kier alpha value is -2.53. The summed E-state index contributed by atoms with van der Waals surface area (Å²) < 4.78 is 1.12. The van der Waals surface area contributed by atoms with Crippen molar-refractivity contribution in [2.75, 3.05) is 5.32 Å². The highest BCUT2D eigenvalue weighted by Crippen LogP contribution is 2.34. The van der Waals surface area contributed by atoms with Gasteiger partial charge in [0, 0.05) is 5.56 Å². The van der Waals surface area contributed by atoms with Crippen molar-refractivity contribution in [1.82, 2.24) is 4.98 Å². The molecule has 1 amide bonds. The van der Waals surface area contributed by atoms with Gasteiger partial charge in [0.05, 0.1) is 21.5 Å². The van der Waals surface area contributed by atoms with Crippen LogP contribution in [0.3, 0.4) is 0 Å². The molecule has 4 rings (SSSR count). The molecule has 21 heavy (non-hydrogen) atoms. The molecule has 0 fully saturated rings. The monoisotopic (exact) mass is 294 g/mol. The first kappa shape index (κ1) is 12.2. The fourth-order valence-electron chi connectivity index (χ4n) is 2.43. The van der Waals surface area contributed by atoms with Crippen molar-refractivity contribution in [3.63, 3.8) is 0 Å². The molecule has 0 spiro atoms. The normalized spacial score (nSPS) is 13.6. The number of hydrogen-bond acceptors (Lipinski definition) is 4. The Bertz CT molecular complexity index is 927. The summed E-state index contributed by atoms with van der Waals surface area (Å²) in [6, 6.07) is 11.5. The lowest BCUT2D eigenvalue weighted by Gasteiger charge is -1.99. The van der Waals surface area contributed by atoms with Gasteiger partial charge in [0.15, 0.2) is 0 Å². The minimum atomic E-state index is -0.568. The highest BCUT2D eigenvalue weighted by atomic mass is 32.1. The summed E-state index contributed by atoms with van der Waals surface area (Å²) in [6.07, 6.45) is 0. The predicted octanol–water partition coefficient (Wildman–Crippen LogP) is 3.41. The van der Waals surface area contributed by atoms with E-state index in [-0.39, 0.29) is 0 Å². The molecule has 4 nitrogen and oxygen atoms in total. The molecule has 0 saturated carbocycles. The second kappa shape index (κ2) is 4.23. The average Bonchev–Trinajstić information content (AvgIpc) is 3.00. The maximum atomic E-state index is 11.8. The standard InChI is InChI=1S/C16H10N2O2S/c1-8-2-4-12-13(6-8)21-16(18-12)9-3-5-11-10(7-9)14(19)15(20)17-11/h2-7H,1H3,(H,17,19,20). The van der Waals surface area contributed by atoms with Crippen LogP contribution >= 0.6 is 11.3 Å². The zero-order chi connectivity index (χ0) is 14.6. The summed E-state index contributed by atoms with van der Waals surface area (Å²) in [5.74, 6) is -1.05. The van der Waals surface area contributed by atoms with Crippen LogP contribution in [0.5, 0.6) is 0 Å². The number of nitrogens with one attached hydrogen (secondary N) is 1. The lowest BCUT2D eigenvalue weighted by molar-refractivity contribution is -0.112. The van der Waals surface area contributed by atoms with Gasteiger partial charge in [-0.15, -0.1) is 11.3 Å². The molecule has 0 bridgehead atoms. The minimum Gasteiger partial charge on any atom is -0.318 e. The fraction of sp³-hybridized carbons (Fsp3) is 0.0625. The van der Waals surface area contributed by atoms with Crippen molar-refractivity contribution >= 4 is 38.9 Å². The van der Waals surface area contributed by atoms with E-state index in [1.54, 1.807) is 23.5 Å². The number of carbonyl (C=O) groups is 2. The van der Waals surface area contributed by atoms with Gasteiger partial charge in [0.2, 0.25) is 0 Å². The summed E-state index contributed by atoms with van der Waals surface area (Å²) in [6.45, 7) is 2.05. The van der Waals surface area contributed by atoms with Crippen molar-refractivity contribution in [3.8, 4) is 10.6 Å². The molecule has 102 valence electrons. The number of hydrogen-bond donors (Lipinski definition) is 1. The Balaban J connectivity index is 1.86. The zero-order valence-electron chi connectivity index (χ0n) is 11.1. The number of carbonyl (C=O) groups excluding carboxylic acids is 2. The van der Waals surface area contributed by atoms with Crippen molar-refractivity contribution < 1.29 is 9.59 Å². The third kappa shape index (κ3) is 1.86. The van der Waals surface area contributed by atoms with E-state index in [0.717, 1.165) is 20.8 Å². The van der Waals surface area contributed by atoms with Gasteiger partial charge < -0.3 is 5.32 Å². The molecule has 1 N–H and O–H groups in total. The average molecular weight is 294 g/mol. The van der Waals surface area contributed by atoms with E-state index in [1.807, 2.05) is 25.1 Å². The van der Waals surface area contributed by atoms with E-state index >= 15 is 0 Å². The maximum absolute atomic E-state index is 11.8. The summed E-state index contributed by atoms with van der Waals surface area (Å²) >= 11 is 1.58. The quantitative estimate of drug-likeness (QED) is 0.700. The maximum Gasteiger partial charge on any atom is 0.296 e. The lowest BCUT2D eigenvalue weighted by atomic mass is 10.1. The number of aromatic nitrogens is 1. The number of aryl methyl sites for hydroxylation is 1. The van der Waals surface area contributed by atoms with Gasteiger partial charge in [-0.25, -0.2) is 4.98 Å². The van der Waals surface area contributed by atoms with Crippen LogP contribution in [0.15, 0.2) is 36.4 Å². The molecule has 2 aromatic carbocycles. The highest BCUT2D eigenvalue weighted by Gasteiger charge is 2.28. The number of benzene rings is 2. The van der Waals surface area contributed by atoms with E-state index in [0.29, 0.717) is 11.3 Å². The van der Waals surface area contributed by atoms with E-state index < -0.39 is 11.7 Å². The number of Topliss-reactive ketones (excluding diaryl/α,β-unsaturated/α-hetero) is 1. The Kier molecular flexibility index (Phi) is 2.46. The van der Waals surface area contributed by atoms with Gasteiger partial charge in [-0.05, 0) is 42.8 Å². The highest BCUT2D eigenvalue weighted by molar-refractivity contribution is 7.21. The SMILES string of the molecule is Cc1ccc2nc(-c3ccc4c(c3)C(=O)C(=O)N4)sc2c1. The van der Waals surface area contributed by atoms with Crippen LogP contribution in [0, 0.1) is 6.92 Å². The molecule has 3 aromatic rings. The number of amides is 1. The van der Waals surface area contributed by atoms with Gasteiger partial charge in [0.25, 0.3) is 11.7 Å². The number of nitrogens with zero attached hydrogens (tertiary/aromatic N) is 1. The van der Waals surface area contributed by atoms with E-state index in [1.165, 1.54) is 5.56 Å². The number of anilines is 1. The molecule has 0 atom stereocenters. The molecule has 0 saturated heterocycles. The Morgan fingerprint density at radius 1 is 1.10 bits per heavy atom. The van der Waals surface area contributed by atoms with Gasteiger partial charge in [-0.1, -0.05) is 6.07 Å². The number of ketones is 1. The minimum absolute atomic E-state index is 0.424. The summed E-state index contributed by atoms with van der Waals surface area (Å²) in [5.41, 5.74) is 3.99. The molecule has 0 aliphatic carbocycles. The molecule has 0 unspecified atom stereocenters. The van der Waals surface area contributed by atoms with Crippen molar-refractivity contribution in [2.24, 2.45) is 0 Å². The molecule has 1 aromatic heterocycles. The number of thiazole rings is 1. The third-order valence-corrected chi connectivity index (χ3v) is 4.58. The van der Waals surface area contributed by atoms with Gasteiger partial charge in [-0.2, -0.15) is 0 Å². The van der Waals surface area contributed by atoms with Crippen LogP contribution in [-0.4, -0.2) is 16.7 Å². The van der Waals surface area contributed by atoms with Crippen LogP contribution in [0.1, 0.15) is 15.9 Å². The van der Waals surface area contributed by atoms with Crippen molar-refractivity contribution in [1.29, 1.82) is 0 Å². The first-order valence-corrected chi connectivity index (χ1v) is 7.31. The summed E-state index contributed by atoms with van der Waals surface area (Å²) in [4.78, 5) is 27.7. The van der Waals surface area contributed by atoms with Crippen molar-refractivity contribution in [2.45, 2.75) is 6.92 Å². The van der Waals surface area contributed by atoms with Crippen LogP contribution < -0.4 is 5.32 Å². The molecular weight excluding hydrogens is 284 g/mol. The van der Waals surface area contributed by atoms with Gasteiger partial charge in [0.1, 0.15) is 5.01 Å². The van der Waals surface area contributed by atoms with Crippen LogP contribution in [0.2, 0.25) is 0 Å². The largest absolute Gasteiger partial charge is 0.318 e. The first-order valence-electron chi connectivity index (χ1n) is 6.49. The van der Waals surface area contributed by atoms with Gasteiger partial charge in [-0.3, -0.25) is 9.59 Å².